The zero-order chi connectivity index (χ0) is 20.2. The van der Waals surface area contributed by atoms with Crippen molar-refractivity contribution in [2.75, 3.05) is 6.61 Å². The van der Waals surface area contributed by atoms with Crippen LogP contribution in [0.3, 0.4) is 0 Å². The van der Waals surface area contributed by atoms with Crippen LogP contribution in [0.15, 0.2) is 54.6 Å². The molecule has 2 aromatic carbocycles. The van der Waals surface area contributed by atoms with Gasteiger partial charge in [0.1, 0.15) is 18.1 Å². The third kappa shape index (κ3) is 8.71. The summed E-state index contributed by atoms with van der Waals surface area (Å²) in [6.45, 7) is 4.62. The molecule has 0 saturated carbocycles. The zero-order valence-corrected chi connectivity index (χ0v) is 16.6. The first kappa shape index (κ1) is 21.5. The molecule has 2 aromatic rings. The van der Waals surface area contributed by atoms with E-state index in [-0.39, 0.29) is 25.0 Å². The van der Waals surface area contributed by atoms with E-state index in [9.17, 15) is 9.59 Å². The summed E-state index contributed by atoms with van der Waals surface area (Å²) in [6.07, 6.45) is 1.84. The van der Waals surface area contributed by atoms with E-state index in [1.807, 2.05) is 68.4 Å². The number of rotatable bonds is 11. The zero-order valence-electron chi connectivity index (χ0n) is 16.6. The van der Waals surface area contributed by atoms with Crippen molar-refractivity contribution >= 4 is 11.9 Å². The predicted molar refractivity (Wildman–Crippen MR) is 107 cm³/mol. The van der Waals surface area contributed by atoms with Gasteiger partial charge in [0.2, 0.25) is 0 Å². The molecule has 0 amide bonds. The van der Waals surface area contributed by atoms with Crippen molar-refractivity contribution in [3.05, 3.63) is 60.2 Å². The van der Waals surface area contributed by atoms with Crippen LogP contribution in [0, 0.1) is 5.92 Å². The molecule has 5 heteroatoms. The summed E-state index contributed by atoms with van der Waals surface area (Å²) in [5, 5.41) is 0. The van der Waals surface area contributed by atoms with E-state index in [2.05, 4.69) is 0 Å². The van der Waals surface area contributed by atoms with Crippen molar-refractivity contribution in [2.45, 2.75) is 46.1 Å². The van der Waals surface area contributed by atoms with E-state index < -0.39 is 0 Å². The molecule has 28 heavy (non-hydrogen) atoms. The van der Waals surface area contributed by atoms with Crippen LogP contribution in [0.5, 0.6) is 11.5 Å². The fourth-order valence-corrected chi connectivity index (χ4v) is 2.43. The molecule has 0 heterocycles. The van der Waals surface area contributed by atoms with Gasteiger partial charge in [0.25, 0.3) is 0 Å². The predicted octanol–water partition coefficient (Wildman–Crippen LogP) is 5.28. The molecule has 0 aliphatic heterocycles. The lowest BCUT2D eigenvalue weighted by Gasteiger charge is -2.09. The molecule has 0 saturated heterocycles. The molecule has 2 rings (SSSR count). The molecule has 0 bridgehead atoms. The smallest absolute Gasteiger partial charge is 0.306 e. The third-order valence-electron chi connectivity index (χ3n) is 3.87. The maximum absolute atomic E-state index is 11.9. The van der Waals surface area contributed by atoms with E-state index in [1.54, 1.807) is 0 Å². The van der Waals surface area contributed by atoms with Crippen LogP contribution < -0.4 is 4.74 Å². The van der Waals surface area contributed by atoms with Crippen molar-refractivity contribution in [3.8, 4) is 11.5 Å². The standard InChI is InChI=1S/C23H28O5/c1-18(2)16-26-22(24)13-6-7-14-23(25)27-17-19-9-8-12-21(15-19)28-20-10-4-3-5-11-20/h3-5,8-12,15,18H,6-7,13-14,16-17H2,1-2H3. The maximum atomic E-state index is 11.9. The number of hydrogen-bond donors (Lipinski definition) is 0. The normalized spacial score (nSPS) is 10.5. The average Bonchev–Trinajstić information content (AvgIpc) is 2.69. The van der Waals surface area contributed by atoms with Crippen molar-refractivity contribution in [2.24, 2.45) is 5.92 Å². The minimum Gasteiger partial charge on any atom is -0.465 e. The highest BCUT2D eigenvalue weighted by Gasteiger charge is 2.08. The number of carbonyl (C=O) groups excluding carboxylic acids is 2. The minimum absolute atomic E-state index is 0.196. The molecule has 0 atom stereocenters. The average molecular weight is 384 g/mol. The van der Waals surface area contributed by atoms with E-state index in [4.69, 9.17) is 14.2 Å². The molecule has 0 radical (unpaired) electrons. The van der Waals surface area contributed by atoms with Crippen molar-refractivity contribution in [3.63, 3.8) is 0 Å². The highest BCUT2D eigenvalue weighted by molar-refractivity contribution is 5.70. The minimum atomic E-state index is -0.273. The molecule has 0 aliphatic rings. The largest absolute Gasteiger partial charge is 0.465 e. The lowest BCUT2D eigenvalue weighted by Crippen LogP contribution is -2.10. The monoisotopic (exact) mass is 384 g/mol. The van der Waals surface area contributed by atoms with Gasteiger partial charge in [-0.15, -0.1) is 0 Å². The Labute approximate surface area is 166 Å². The number of unbranched alkanes of at least 4 members (excludes halogenated alkanes) is 1. The summed E-state index contributed by atoms with van der Waals surface area (Å²) in [7, 11) is 0. The van der Waals surface area contributed by atoms with Gasteiger partial charge in [0, 0.05) is 12.8 Å². The summed E-state index contributed by atoms with van der Waals surface area (Å²) < 4.78 is 16.2. The van der Waals surface area contributed by atoms with Gasteiger partial charge in [0.05, 0.1) is 6.61 Å². The maximum Gasteiger partial charge on any atom is 0.306 e. The van der Waals surface area contributed by atoms with Gasteiger partial charge in [-0.25, -0.2) is 0 Å². The third-order valence-corrected chi connectivity index (χ3v) is 3.87. The van der Waals surface area contributed by atoms with Crippen LogP contribution in [0.2, 0.25) is 0 Å². The molecular weight excluding hydrogens is 356 g/mol. The van der Waals surface area contributed by atoms with Crippen molar-refractivity contribution < 1.29 is 23.8 Å². The number of benzene rings is 2. The number of ether oxygens (including phenoxy) is 3. The molecule has 0 N–H and O–H groups in total. The van der Waals surface area contributed by atoms with Crippen molar-refractivity contribution in [1.29, 1.82) is 0 Å². The van der Waals surface area contributed by atoms with Gasteiger partial charge in [0.15, 0.2) is 0 Å². The molecule has 5 nitrogen and oxygen atoms in total. The number of hydrogen-bond acceptors (Lipinski definition) is 5. The highest BCUT2D eigenvalue weighted by Crippen LogP contribution is 2.22. The Morgan fingerprint density at radius 1 is 0.821 bits per heavy atom. The Kier molecular flexibility index (Phi) is 9.05. The van der Waals surface area contributed by atoms with Crippen LogP contribution in [0.4, 0.5) is 0 Å². The second-order valence-electron chi connectivity index (χ2n) is 7.01. The van der Waals surface area contributed by atoms with Gasteiger partial charge < -0.3 is 14.2 Å². The summed E-state index contributed by atoms with van der Waals surface area (Å²) in [4.78, 5) is 23.4. The van der Waals surface area contributed by atoms with E-state index in [0.717, 1.165) is 11.3 Å². The fraction of sp³-hybridized carbons (Fsp3) is 0.391. The van der Waals surface area contributed by atoms with E-state index in [1.165, 1.54) is 0 Å². The SMILES string of the molecule is CC(C)COC(=O)CCCCC(=O)OCc1cccc(Oc2ccccc2)c1. The fourth-order valence-electron chi connectivity index (χ4n) is 2.43. The molecule has 0 spiro atoms. The van der Waals surface area contributed by atoms with Gasteiger partial charge in [-0.1, -0.05) is 44.2 Å². The topological polar surface area (TPSA) is 61.8 Å². The van der Waals surface area contributed by atoms with Gasteiger partial charge in [-0.2, -0.15) is 0 Å². The summed E-state index contributed by atoms with van der Waals surface area (Å²) in [5.41, 5.74) is 0.860. The first-order chi connectivity index (χ1) is 13.5. The number of para-hydroxylation sites is 1. The number of carbonyl (C=O) groups is 2. The van der Waals surface area contributed by atoms with Crippen LogP contribution in [-0.4, -0.2) is 18.5 Å². The Hall–Kier alpha value is -2.82. The second kappa shape index (κ2) is 11.8. The summed E-state index contributed by atoms with van der Waals surface area (Å²) >= 11 is 0. The summed E-state index contributed by atoms with van der Waals surface area (Å²) in [6, 6.07) is 17.0. The Morgan fingerprint density at radius 3 is 2.14 bits per heavy atom. The van der Waals surface area contributed by atoms with Gasteiger partial charge in [-0.3, -0.25) is 9.59 Å². The molecule has 0 unspecified atom stereocenters. The lowest BCUT2D eigenvalue weighted by molar-refractivity contribution is -0.147. The molecule has 0 aliphatic carbocycles. The lowest BCUT2D eigenvalue weighted by atomic mass is 10.2. The molecule has 150 valence electrons. The van der Waals surface area contributed by atoms with Crippen LogP contribution >= 0.6 is 0 Å². The highest BCUT2D eigenvalue weighted by atomic mass is 16.5. The van der Waals surface area contributed by atoms with Gasteiger partial charge >= 0.3 is 11.9 Å². The molecule has 0 aromatic heterocycles. The quantitative estimate of drug-likeness (QED) is 0.389. The van der Waals surface area contributed by atoms with Crippen molar-refractivity contribution in [1.82, 2.24) is 0 Å². The Morgan fingerprint density at radius 2 is 1.46 bits per heavy atom. The molecule has 0 fully saturated rings. The van der Waals surface area contributed by atoms with E-state index in [0.29, 0.717) is 37.5 Å². The van der Waals surface area contributed by atoms with Gasteiger partial charge in [-0.05, 0) is 48.6 Å². The first-order valence-electron chi connectivity index (χ1n) is 9.66. The first-order valence-corrected chi connectivity index (χ1v) is 9.66. The molecular formula is C23H28O5. The Bertz CT molecular complexity index is 740. The van der Waals surface area contributed by atoms with Crippen LogP contribution in [0.1, 0.15) is 45.1 Å². The Balaban J connectivity index is 1.66. The number of esters is 2. The second-order valence-corrected chi connectivity index (χ2v) is 7.01. The van der Waals surface area contributed by atoms with Crippen LogP contribution in [-0.2, 0) is 25.7 Å². The van der Waals surface area contributed by atoms with Crippen LogP contribution in [0.25, 0.3) is 0 Å². The van der Waals surface area contributed by atoms with E-state index >= 15 is 0 Å². The summed E-state index contributed by atoms with van der Waals surface area (Å²) in [5.74, 6) is 1.29.